The Kier molecular flexibility index (Phi) is 3.08. The molecule has 0 nitrogen and oxygen atoms in total. The van der Waals surface area contributed by atoms with Crippen molar-refractivity contribution in [2.45, 2.75) is 16.1 Å². The van der Waals surface area contributed by atoms with Gasteiger partial charge in [0.25, 0.3) is 4.59 Å². The van der Waals surface area contributed by atoms with Gasteiger partial charge in [0.1, 0.15) is 0 Å². The van der Waals surface area contributed by atoms with E-state index in [1.54, 1.807) is 0 Å². The number of hydrogen-bond donors (Lipinski definition) is 0. The summed E-state index contributed by atoms with van der Waals surface area (Å²) in [6.07, 6.45) is -4.93. The molecule has 0 bridgehead atoms. The first-order chi connectivity index (χ1) is 4.15. The summed E-state index contributed by atoms with van der Waals surface area (Å²) in [5, 5.41) is -2.90. The maximum Gasteiger partial charge on any atom is 0.410 e. The molecule has 0 saturated carbocycles. The van der Waals surface area contributed by atoms with Gasteiger partial charge in [-0.25, -0.2) is 4.39 Å². The van der Waals surface area contributed by atoms with Crippen molar-refractivity contribution in [2.75, 3.05) is 0 Å². The van der Waals surface area contributed by atoms with Crippen LogP contribution in [0, 0.1) is 0 Å². The van der Waals surface area contributed by atoms with Crippen LogP contribution in [0.1, 0.15) is 0 Å². The third-order valence-electron chi connectivity index (χ3n) is 0.575. The molecule has 0 fully saturated rings. The lowest BCUT2D eigenvalue weighted by molar-refractivity contribution is -0.139. The van der Waals surface area contributed by atoms with E-state index in [1.165, 1.54) is 0 Å². The molecular formula is C3HCl3F4. The summed E-state index contributed by atoms with van der Waals surface area (Å²) in [7, 11) is 0. The fourth-order valence-electron chi connectivity index (χ4n) is 0.186. The average molecular weight is 219 g/mol. The molecule has 1 atom stereocenters. The first kappa shape index (κ1) is 10.6. The number of hydrogen-bond acceptors (Lipinski definition) is 0. The van der Waals surface area contributed by atoms with E-state index < -0.39 is 16.1 Å². The van der Waals surface area contributed by atoms with Crippen LogP contribution in [0.4, 0.5) is 17.6 Å². The molecule has 0 radical (unpaired) electrons. The molecule has 0 N–H and O–H groups in total. The van der Waals surface area contributed by atoms with Gasteiger partial charge in [0.05, 0.1) is 0 Å². The second-order valence-electron chi connectivity index (χ2n) is 1.45. The highest BCUT2D eigenvalue weighted by Gasteiger charge is 2.52. The zero-order chi connectivity index (χ0) is 8.58. The lowest BCUT2D eigenvalue weighted by Crippen LogP contribution is -2.35. The van der Waals surface area contributed by atoms with Gasteiger partial charge in [-0.1, -0.05) is 23.2 Å². The van der Waals surface area contributed by atoms with E-state index in [-0.39, 0.29) is 0 Å². The molecule has 0 aliphatic carbocycles. The van der Waals surface area contributed by atoms with Gasteiger partial charge in [-0.3, -0.25) is 0 Å². The molecule has 7 heteroatoms. The van der Waals surface area contributed by atoms with Gasteiger partial charge in [-0.2, -0.15) is 13.2 Å². The van der Waals surface area contributed by atoms with Gasteiger partial charge in [-0.15, -0.1) is 11.6 Å². The Balaban J connectivity index is 4.23. The zero-order valence-electron chi connectivity index (χ0n) is 4.22. The van der Waals surface area contributed by atoms with Crippen molar-refractivity contribution in [3.8, 4) is 0 Å². The third kappa shape index (κ3) is 3.12. The Bertz CT molecular complexity index is 99.9. The maximum absolute atomic E-state index is 12.0. The average Bonchev–Trinajstić information content (AvgIpc) is 1.59. The summed E-state index contributed by atoms with van der Waals surface area (Å²) in [5.74, 6) is 0. The highest BCUT2D eigenvalue weighted by atomic mass is 35.5. The Morgan fingerprint density at radius 1 is 1.00 bits per heavy atom. The Morgan fingerprint density at radius 3 is 1.30 bits per heavy atom. The van der Waals surface area contributed by atoms with Crippen LogP contribution < -0.4 is 0 Å². The molecule has 0 unspecified atom stereocenters. The first-order valence-corrected chi connectivity index (χ1v) is 3.12. The number of halogens is 7. The fraction of sp³-hybridized carbons (Fsp3) is 1.00. The smallest absolute Gasteiger partial charge is 0.206 e. The predicted molar refractivity (Wildman–Crippen MR) is 31.2 cm³/mol. The molecule has 62 valence electrons. The molecule has 0 rings (SSSR count). The second kappa shape index (κ2) is 2.91. The highest BCUT2D eigenvalue weighted by molar-refractivity contribution is 6.51. The van der Waals surface area contributed by atoms with Crippen molar-refractivity contribution in [1.29, 1.82) is 0 Å². The monoisotopic (exact) mass is 218 g/mol. The normalized spacial score (nSPS) is 17.1. The zero-order valence-corrected chi connectivity index (χ0v) is 6.49. The summed E-state index contributed by atoms with van der Waals surface area (Å²) in [6.45, 7) is 0. The minimum absolute atomic E-state index is 2.90. The van der Waals surface area contributed by atoms with Gasteiger partial charge < -0.3 is 0 Å². The van der Waals surface area contributed by atoms with Crippen molar-refractivity contribution in [3.05, 3.63) is 0 Å². The van der Waals surface area contributed by atoms with Crippen molar-refractivity contribution < 1.29 is 17.6 Å². The van der Waals surface area contributed by atoms with Crippen LogP contribution in [0.3, 0.4) is 0 Å². The topological polar surface area (TPSA) is 0 Å². The van der Waals surface area contributed by atoms with Crippen LogP contribution in [0.2, 0.25) is 0 Å². The SMILES string of the molecule is FC(F)(F)[C@H](Cl)C(F)(Cl)Cl. The summed E-state index contributed by atoms with van der Waals surface area (Å²) in [6, 6.07) is 0. The molecular weight excluding hydrogens is 218 g/mol. The molecule has 0 aliphatic heterocycles. The largest absolute Gasteiger partial charge is 0.410 e. The molecule has 0 aromatic rings. The predicted octanol–water partition coefficient (Wildman–Crippen LogP) is 3.26. The van der Waals surface area contributed by atoms with E-state index in [9.17, 15) is 17.6 Å². The van der Waals surface area contributed by atoms with Crippen molar-refractivity contribution in [1.82, 2.24) is 0 Å². The molecule has 0 aromatic heterocycles. The van der Waals surface area contributed by atoms with E-state index in [2.05, 4.69) is 34.8 Å². The molecule has 0 aliphatic rings. The van der Waals surface area contributed by atoms with Crippen LogP contribution in [0.5, 0.6) is 0 Å². The summed E-state index contributed by atoms with van der Waals surface area (Å²) >= 11 is 13.3. The fourth-order valence-corrected chi connectivity index (χ4v) is 0.433. The van der Waals surface area contributed by atoms with Gasteiger partial charge in [-0.05, 0) is 0 Å². The number of rotatable bonds is 1. The maximum atomic E-state index is 12.0. The molecule has 0 aromatic carbocycles. The van der Waals surface area contributed by atoms with Gasteiger partial charge in [0.2, 0.25) is 0 Å². The van der Waals surface area contributed by atoms with Gasteiger partial charge in [0, 0.05) is 0 Å². The minimum Gasteiger partial charge on any atom is -0.206 e. The third-order valence-corrected chi connectivity index (χ3v) is 1.78. The van der Waals surface area contributed by atoms with Crippen LogP contribution in [0.25, 0.3) is 0 Å². The van der Waals surface area contributed by atoms with E-state index in [0.717, 1.165) is 0 Å². The van der Waals surface area contributed by atoms with Crippen LogP contribution >= 0.6 is 34.8 Å². The van der Waals surface area contributed by atoms with Crippen LogP contribution in [-0.4, -0.2) is 16.1 Å². The standard InChI is InChI=1S/C3HCl3F4/c4-1(2(5,6)7)3(8,9)10/h1H/t1-/m1/s1. The molecule has 0 amide bonds. The van der Waals surface area contributed by atoms with E-state index in [0.29, 0.717) is 0 Å². The second-order valence-corrected chi connectivity index (χ2v) is 3.18. The van der Waals surface area contributed by atoms with E-state index >= 15 is 0 Å². The summed E-state index contributed by atoms with van der Waals surface area (Å²) in [4.78, 5) is 0. The Labute approximate surface area is 69.0 Å². The molecule has 0 saturated heterocycles. The minimum atomic E-state index is -4.93. The van der Waals surface area contributed by atoms with Gasteiger partial charge >= 0.3 is 6.18 Å². The van der Waals surface area contributed by atoms with Crippen LogP contribution in [-0.2, 0) is 0 Å². The number of alkyl halides is 7. The molecule has 0 heterocycles. The molecule has 10 heavy (non-hydrogen) atoms. The van der Waals surface area contributed by atoms with Gasteiger partial charge in [0.15, 0.2) is 5.38 Å². The lowest BCUT2D eigenvalue weighted by Gasteiger charge is -2.18. The van der Waals surface area contributed by atoms with Crippen molar-refractivity contribution in [3.63, 3.8) is 0 Å². The van der Waals surface area contributed by atoms with E-state index in [4.69, 9.17) is 0 Å². The summed E-state index contributed by atoms with van der Waals surface area (Å²) < 4.78 is 42.7. The van der Waals surface area contributed by atoms with E-state index in [1.807, 2.05) is 0 Å². The quantitative estimate of drug-likeness (QED) is 0.469. The van der Waals surface area contributed by atoms with Crippen molar-refractivity contribution in [2.24, 2.45) is 0 Å². The van der Waals surface area contributed by atoms with Crippen LogP contribution in [0.15, 0.2) is 0 Å². The summed E-state index contributed by atoms with van der Waals surface area (Å²) in [5.41, 5.74) is 0. The Hall–Kier alpha value is 0.590. The first-order valence-electron chi connectivity index (χ1n) is 1.93. The molecule has 0 spiro atoms. The Morgan fingerprint density at radius 2 is 1.30 bits per heavy atom. The highest BCUT2D eigenvalue weighted by Crippen LogP contribution is 2.40. The lowest BCUT2D eigenvalue weighted by atomic mass is 10.4. The van der Waals surface area contributed by atoms with Crippen molar-refractivity contribution >= 4 is 34.8 Å².